The standard InChI is InChI=1S/C12H15Cl2NOS/c1-7(2)5-16-12-9(13)3-8(4-10(12)14)11(15)6-17/h3-4,6-7,17H,5,15H2,1-2H3/b11-6-. The normalized spacial score (nSPS) is 12.0. The molecule has 0 bridgehead atoms. The third kappa shape index (κ3) is 4.02. The summed E-state index contributed by atoms with van der Waals surface area (Å²) in [7, 11) is 0. The monoisotopic (exact) mass is 291 g/mol. The Hall–Kier alpha value is -0.510. The van der Waals surface area contributed by atoms with Crippen molar-refractivity contribution in [3.05, 3.63) is 33.1 Å². The first-order valence-corrected chi connectivity index (χ1v) is 6.45. The molecule has 0 heterocycles. The molecule has 5 heteroatoms. The molecule has 0 aromatic heterocycles. The van der Waals surface area contributed by atoms with E-state index in [4.69, 9.17) is 33.7 Å². The highest BCUT2D eigenvalue weighted by Gasteiger charge is 2.11. The number of hydrogen-bond donors (Lipinski definition) is 2. The highest BCUT2D eigenvalue weighted by molar-refractivity contribution is 7.83. The molecule has 0 radical (unpaired) electrons. The Kier molecular flexibility index (Phi) is 5.50. The second-order valence-corrected chi connectivity index (χ2v) is 5.13. The summed E-state index contributed by atoms with van der Waals surface area (Å²) in [4.78, 5) is 0. The largest absolute Gasteiger partial charge is 0.490 e. The van der Waals surface area contributed by atoms with Gasteiger partial charge in [-0.3, -0.25) is 0 Å². The average Bonchev–Trinajstić information content (AvgIpc) is 2.26. The molecule has 2 nitrogen and oxygen atoms in total. The van der Waals surface area contributed by atoms with Gasteiger partial charge in [-0.1, -0.05) is 37.0 Å². The van der Waals surface area contributed by atoms with E-state index in [1.807, 2.05) is 0 Å². The molecule has 2 N–H and O–H groups in total. The Morgan fingerprint density at radius 2 is 1.94 bits per heavy atom. The molecule has 0 aliphatic carbocycles. The quantitative estimate of drug-likeness (QED) is 0.815. The third-order valence-electron chi connectivity index (χ3n) is 2.03. The lowest BCUT2D eigenvalue weighted by molar-refractivity contribution is 0.271. The molecule has 94 valence electrons. The van der Waals surface area contributed by atoms with Crippen LogP contribution in [-0.4, -0.2) is 6.61 Å². The van der Waals surface area contributed by atoms with E-state index < -0.39 is 0 Å². The van der Waals surface area contributed by atoms with E-state index in [0.29, 0.717) is 34.0 Å². The Morgan fingerprint density at radius 1 is 1.41 bits per heavy atom. The van der Waals surface area contributed by atoms with Crippen LogP contribution in [0.3, 0.4) is 0 Å². The molecule has 0 saturated heterocycles. The molecule has 1 rings (SSSR count). The number of ether oxygens (including phenoxy) is 1. The van der Waals surface area contributed by atoms with E-state index in [1.165, 1.54) is 5.41 Å². The van der Waals surface area contributed by atoms with Crippen molar-refractivity contribution in [3.8, 4) is 5.75 Å². The zero-order chi connectivity index (χ0) is 13.0. The maximum atomic E-state index is 6.10. The first kappa shape index (κ1) is 14.6. The van der Waals surface area contributed by atoms with Crippen LogP contribution in [0.1, 0.15) is 19.4 Å². The zero-order valence-corrected chi connectivity index (χ0v) is 12.1. The van der Waals surface area contributed by atoms with Crippen LogP contribution in [0.5, 0.6) is 5.75 Å². The van der Waals surface area contributed by atoms with Crippen LogP contribution in [-0.2, 0) is 0 Å². The van der Waals surface area contributed by atoms with Gasteiger partial charge in [0.25, 0.3) is 0 Å². The number of hydrogen-bond acceptors (Lipinski definition) is 3. The second-order valence-electron chi connectivity index (χ2n) is 4.06. The van der Waals surface area contributed by atoms with Gasteiger partial charge >= 0.3 is 0 Å². The summed E-state index contributed by atoms with van der Waals surface area (Å²) < 4.78 is 5.55. The van der Waals surface area contributed by atoms with Crippen molar-refractivity contribution < 1.29 is 4.74 Å². The molecule has 0 atom stereocenters. The van der Waals surface area contributed by atoms with Gasteiger partial charge in [0.1, 0.15) is 0 Å². The first-order valence-electron chi connectivity index (χ1n) is 5.17. The van der Waals surface area contributed by atoms with Gasteiger partial charge in [-0.25, -0.2) is 0 Å². The van der Waals surface area contributed by atoms with Crippen LogP contribution in [0.4, 0.5) is 0 Å². The lowest BCUT2D eigenvalue weighted by Gasteiger charge is -2.13. The van der Waals surface area contributed by atoms with E-state index in [2.05, 4.69) is 26.5 Å². The number of halogens is 2. The summed E-state index contributed by atoms with van der Waals surface area (Å²) in [6, 6.07) is 3.43. The van der Waals surface area contributed by atoms with Crippen molar-refractivity contribution in [2.45, 2.75) is 13.8 Å². The second kappa shape index (κ2) is 6.43. The molecular weight excluding hydrogens is 277 g/mol. The molecule has 0 spiro atoms. The Morgan fingerprint density at radius 3 is 2.35 bits per heavy atom. The van der Waals surface area contributed by atoms with Crippen molar-refractivity contribution in [1.29, 1.82) is 0 Å². The molecule has 0 unspecified atom stereocenters. The van der Waals surface area contributed by atoms with Crippen molar-refractivity contribution in [3.63, 3.8) is 0 Å². The van der Waals surface area contributed by atoms with E-state index in [1.54, 1.807) is 12.1 Å². The average molecular weight is 292 g/mol. The van der Waals surface area contributed by atoms with E-state index in [-0.39, 0.29) is 0 Å². The number of rotatable bonds is 4. The number of nitrogens with two attached hydrogens (primary N) is 1. The van der Waals surface area contributed by atoms with Gasteiger partial charge in [0.15, 0.2) is 5.75 Å². The van der Waals surface area contributed by atoms with Gasteiger partial charge in [-0.2, -0.15) is 0 Å². The van der Waals surface area contributed by atoms with E-state index in [9.17, 15) is 0 Å². The SMILES string of the molecule is CC(C)COc1c(Cl)cc(/C(N)=C/S)cc1Cl. The van der Waals surface area contributed by atoms with Crippen LogP contribution < -0.4 is 10.5 Å². The maximum Gasteiger partial charge on any atom is 0.156 e. The summed E-state index contributed by atoms with van der Waals surface area (Å²) >= 11 is 16.2. The molecular formula is C12H15Cl2NOS. The third-order valence-corrected chi connectivity index (χ3v) is 2.87. The molecule has 1 aromatic rings. The smallest absolute Gasteiger partial charge is 0.156 e. The Labute approximate surface area is 117 Å². The molecule has 1 aromatic carbocycles. The maximum absolute atomic E-state index is 6.10. The van der Waals surface area contributed by atoms with E-state index >= 15 is 0 Å². The van der Waals surface area contributed by atoms with Crippen LogP contribution >= 0.6 is 35.8 Å². The van der Waals surface area contributed by atoms with Gasteiger partial charge in [0.2, 0.25) is 0 Å². The van der Waals surface area contributed by atoms with Gasteiger partial charge in [-0.05, 0) is 23.5 Å². The fourth-order valence-electron chi connectivity index (χ4n) is 1.19. The minimum atomic E-state index is 0.407. The predicted octanol–water partition coefficient (Wildman–Crippen LogP) is 4.22. The summed E-state index contributed by atoms with van der Waals surface area (Å²) in [6.07, 6.45) is 0. The summed E-state index contributed by atoms with van der Waals surface area (Å²) in [5, 5.41) is 2.40. The van der Waals surface area contributed by atoms with Crippen LogP contribution in [0.2, 0.25) is 10.0 Å². The van der Waals surface area contributed by atoms with Crippen molar-refractivity contribution in [2.75, 3.05) is 6.61 Å². The predicted molar refractivity (Wildman–Crippen MR) is 77.9 cm³/mol. The Balaban J connectivity index is 3.02. The molecule has 17 heavy (non-hydrogen) atoms. The minimum Gasteiger partial charge on any atom is -0.490 e. The van der Waals surface area contributed by atoms with Crippen LogP contribution in [0.15, 0.2) is 17.5 Å². The molecule has 0 saturated carbocycles. The van der Waals surface area contributed by atoms with Crippen LogP contribution in [0.25, 0.3) is 5.70 Å². The number of benzene rings is 1. The van der Waals surface area contributed by atoms with Crippen LogP contribution in [0, 0.1) is 5.92 Å². The van der Waals surface area contributed by atoms with Crippen molar-refractivity contribution in [2.24, 2.45) is 11.7 Å². The van der Waals surface area contributed by atoms with E-state index in [0.717, 1.165) is 5.56 Å². The highest BCUT2D eigenvalue weighted by atomic mass is 35.5. The lowest BCUT2D eigenvalue weighted by atomic mass is 10.1. The molecule has 0 fully saturated rings. The Bertz CT molecular complexity index is 410. The van der Waals surface area contributed by atoms with Gasteiger partial charge in [0, 0.05) is 11.3 Å². The lowest BCUT2D eigenvalue weighted by Crippen LogP contribution is -2.05. The van der Waals surface area contributed by atoms with Gasteiger partial charge in [-0.15, -0.1) is 12.6 Å². The summed E-state index contributed by atoms with van der Waals surface area (Å²) in [5.41, 5.74) is 6.97. The van der Waals surface area contributed by atoms with Crippen molar-refractivity contribution in [1.82, 2.24) is 0 Å². The zero-order valence-electron chi connectivity index (χ0n) is 9.71. The minimum absolute atomic E-state index is 0.407. The fraction of sp³-hybridized carbons (Fsp3) is 0.333. The topological polar surface area (TPSA) is 35.2 Å². The summed E-state index contributed by atoms with van der Waals surface area (Å²) in [6.45, 7) is 4.67. The summed E-state index contributed by atoms with van der Waals surface area (Å²) in [5.74, 6) is 0.905. The molecule has 0 aliphatic heterocycles. The molecule has 0 aliphatic rings. The van der Waals surface area contributed by atoms with Crippen molar-refractivity contribution >= 4 is 41.5 Å². The highest BCUT2D eigenvalue weighted by Crippen LogP contribution is 2.35. The molecule has 0 amide bonds. The first-order chi connectivity index (χ1) is 7.95. The van der Waals surface area contributed by atoms with Gasteiger partial charge in [0.05, 0.1) is 16.7 Å². The number of thiol groups is 1. The fourth-order valence-corrected chi connectivity index (χ4v) is 1.93. The van der Waals surface area contributed by atoms with Gasteiger partial charge < -0.3 is 10.5 Å².